The molecule has 0 spiro atoms. The number of carboxylic acids is 2. The van der Waals surface area contributed by atoms with E-state index in [0.717, 1.165) is 0 Å². The van der Waals surface area contributed by atoms with Crippen molar-refractivity contribution in [2.75, 3.05) is 0 Å². The van der Waals surface area contributed by atoms with Gasteiger partial charge in [-0.2, -0.15) is 0 Å². The zero-order valence-corrected chi connectivity index (χ0v) is 8.84. The summed E-state index contributed by atoms with van der Waals surface area (Å²) in [6.07, 6.45) is -0.613. The first-order chi connectivity index (χ1) is 4.99. The predicted octanol–water partition coefficient (Wildman–Crippen LogP) is -5.91. The number of amides is 1. The summed E-state index contributed by atoms with van der Waals surface area (Å²) in [7, 11) is 0. The topological polar surface area (TPSA) is 172 Å². The summed E-state index contributed by atoms with van der Waals surface area (Å²) >= 11 is 0. The van der Waals surface area contributed by atoms with E-state index in [9.17, 15) is 24.6 Å². The molecule has 0 bridgehead atoms. The normalized spacial score (nSPS) is 15.6. The number of rotatable bonds is 2. The van der Waals surface area contributed by atoms with Gasteiger partial charge in [0, 0.05) is 0 Å². The van der Waals surface area contributed by atoms with Crippen LogP contribution in [0.1, 0.15) is 6.42 Å². The van der Waals surface area contributed by atoms with Gasteiger partial charge < -0.3 is 36.1 Å². The minimum Gasteiger partial charge on any atom is -0.547 e. The number of carboxylic acid groups (broad SMARTS) is 2. The molecule has 1 saturated heterocycles. The molecule has 0 saturated carbocycles. The number of β-lactam (4-membered cyclic amide) rings is 1. The van der Waals surface area contributed by atoms with E-state index >= 15 is 0 Å². The standard InChI is InChI=1S/C5H5NO5.2H2O.Pt/c7-2-1-5(6-2,3(8)9)4(10)11;;;/h1H2,(H,6,7)(H,8,9)(H,10,11);2*1H2;/q;;;+2/p-2. The van der Waals surface area contributed by atoms with Crippen molar-refractivity contribution in [1.82, 2.24) is 5.32 Å². The van der Waals surface area contributed by atoms with Gasteiger partial charge in [-0.1, -0.05) is 0 Å². The second-order valence-electron chi connectivity index (χ2n) is 2.21. The largest absolute Gasteiger partial charge is 2.00 e. The third-order valence-electron chi connectivity index (χ3n) is 1.48. The van der Waals surface area contributed by atoms with E-state index in [0.29, 0.717) is 0 Å². The Hall–Kier alpha value is -0.982. The molecule has 9 heteroatoms. The van der Waals surface area contributed by atoms with Crippen LogP contribution in [-0.2, 0) is 35.4 Å². The Balaban J connectivity index is -0.000000403. The van der Waals surface area contributed by atoms with E-state index in [2.05, 4.69) is 0 Å². The smallest absolute Gasteiger partial charge is 0.547 e. The number of carbonyl (C=O) groups excluding carboxylic acids is 3. The monoisotopic (exact) mass is 388 g/mol. The second kappa shape index (κ2) is 5.69. The molecule has 0 aromatic carbocycles. The average molecular weight is 388 g/mol. The van der Waals surface area contributed by atoms with E-state index in [1.807, 2.05) is 0 Å². The first-order valence-electron chi connectivity index (χ1n) is 2.73. The molecule has 84 valence electrons. The van der Waals surface area contributed by atoms with Gasteiger partial charge in [-0.3, -0.25) is 4.79 Å². The number of hydrogen-bond donors (Lipinski definition) is 1. The summed E-state index contributed by atoms with van der Waals surface area (Å²) in [5.74, 6) is -4.34. The van der Waals surface area contributed by atoms with Crippen molar-refractivity contribution in [2.24, 2.45) is 0 Å². The van der Waals surface area contributed by atoms with Gasteiger partial charge in [0.05, 0.1) is 18.4 Å². The molecular weight excluding hydrogens is 381 g/mol. The molecule has 1 amide bonds. The summed E-state index contributed by atoms with van der Waals surface area (Å²) in [6.45, 7) is 0. The number of aliphatic carboxylic acids is 2. The van der Waals surface area contributed by atoms with Crippen molar-refractivity contribution >= 4 is 17.8 Å². The molecule has 0 aromatic rings. The third kappa shape index (κ3) is 2.50. The van der Waals surface area contributed by atoms with Crippen LogP contribution in [0.4, 0.5) is 0 Å². The summed E-state index contributed by atoms with van der Waals surface area (Å²) < 4.78 is 0. The minimum atomic E-state index is -2.29. The summed E-state index contributed by atoms with van der Waals surface area (Å²) in [4.78, 5) is 30.5. The third-order valence-corrected chi connectivity index (χ3v) is 1.48. The zero-order valence-electron chi connectivity index (χ0n) is 6.56. The maximum Gasteiger partial charge on any atom is 2.00 e. The molecule has 1 heterocycles. The minimum absolute atomic E-state index is 0. The Labute approximate surface area is 92.2 Å². The van der Waals surface area contributed by atoms with Crippen LogP contribution < -0.4 is 15.5 Å². The van der Waals surface area contributed by atoms with Gasteiger partial charge in [-0.05, 0) is 0 Å². The van der Waals surface area contributed by atoms with Crippen molar-refractivity contribution in [2.45, 2.75) is 12.0 Å². The van der Waals surface area contributed by atoms with Gasteiger partial charge in [0.2, 0.25) is 5.91 Å². The molecular formula is C5H7NO7Pt. The number of nitrogens with one attached hydrogen (secondary N) is 1. The van der Waals surface area contributed by atoms with Crippen molar-refractivity contribution < 1.29 is 56.6 Å². The average Bonchev–Trinajstić information content (AvgIpc) is 1.78. The van der Waals surface area contributed by atoms with Gasteiger partial charge in [0.1, 0.15) is 5.54 Å². The van der Waals surface area contributed by atoms with Crippen molar-refractivity contribution in [3.05, 3.63) is 0 Å². The Kier molecular flexibility index (Phi) is 7.61. The fourth-order valence-electron chi connectivity index (χ4n) is 0.790. The molecule has 5 N–H and O–H groups in total. The van der Waals surface area contributed by atoms with Gasteiger partial charge in [0.15, 0.2) is 0 Å². The van der Waals surface area contributed by atoms with Crippen LogP contribution in [0, 0.1) is 0 Å². The van der Waals surface area contributed by atoms with Crippen LogP contribution in [0.3, 0.4) is 0 Å². The summed E-state index contributed by atoms with van der Waals surface area (Å²) in [6, 6.07) is 0. The van der Waals surface area contributed by atoms with E-state index in [-0.39, 0.29) is 32.0 Å². The maximum absolute atomic E-state index is 10.2. The van der Waals surface area contributed by atoms with Crippen molar-refractivity contribution in [3.8, 4) is 0 Å². The molecule has 0 radical (unpaired) electrons. The summed E-state index contributed by atoms with van der Waals surface area (Å²) in [5, 5.41) is 22.0. The SMILES string of the molecule is O.O.O=C1CC(C(=O)[O-])(C(=O)[O-])N1.[Pt+2]. The molecule has 14 heavy (non-hydrogen) atoms. The van der Waals surface area contributed by atoms with E-state index in [1.54, 1.807) is 5.32 Å². The van der Waals surface area contributed by atoms with Crippen LogP contribution in [0.15, 0.2) is 0 Å². The van der Waals surface area contributed by atoms with Gasteiger partial charge in [-0.15, -0.1) is 0 Å². The molecule has 8 nitrogen and oxygen atoms in total. The molecule has 0 aliphatic carbocycles. The van der Waals surface area contributed by atoms with Crippen LogP contribution >= 0.6 is 0 Å². The fourth-order valence-corrected chi connectivity index (χ4v) is 0.790. The van der Waals surface area contributed by atoms with Gasteiger partial charge in [-0.25, -0.2) is 0 Å². The Morgan fingerprint density at radius 3 is 1.57 bits per heavy atom. The van der Waals surface area contributed by atoms with Crippen LogP contribution in [0.5, 0.6) is 0 Å². The molecule has 1 aliphatic heterocycles. The summed E-state index contributed by atoms with van der Waals surface area (Å²) in [5.41, 5.74) is -2.29. The van der Waals surface area contributed by atoms with Crippen molar-refractivity contribution in [1.29, 1.82) is 0 Å². The van der Waals surface area contributed by atoms with E-state index < -0.39 is 29.8 Å². The Morgan fingerprint density at radius 2 is 1.50 bits per heavy atom. The van der Waals surface area contributed by atoms with Crippen LogP contribution in [0.2, 0.25) is 0 Å². The molecule has 0 atom stereocenters. The van der Waals surface area contributed by atoms with Crippen LogP contribution in [-0.4, -0.2) is 34.3 Å². The number of hydrogen-bond acceptors (Lipinski definition) is 5. The van der Waals surface area contributed by atoms with E-state index in [4.69, 9.17) is 0 Å². The van der Waals surface area contributed by atoms with Crippen molar-refractivity contribution in [3.63, 3.8) is 0 Å². The second-order valence-corrected chi connectivity index (χ2v) is 2.21. The first-order valence-corrected chi connectivity index (χ1v) is 2.73. The van der Waals surface area contributed by atoms with Crippen LogP contribution in [0.25, 0.3) is 0 Å². The zero-order chi connectivity index (χ0) is 8.65. The molecule has 1 aliphatic rings. The fraction of sp³-hybridized carbons (Fsp3) is 0.400. The number of carbonyl (C=O) groups is 3. The Morgan fingerprint density at radius 1 is 1.21 bits per heavy atom. The first kappa shape index (κ1) is 18.7. The quantitative estimate of drug-likeness (QED) is 0.366. The maximum atomic E-state index is 10.2. The van der Waals surface area contributed by atoms with Gasteiger partial charge in [0.25, 0.3) is 0 Å². The molecule has 0 aromatic heterocycles. The predicted molar refractivity (Wildman–Crippen MR) is 32.7 cm³/mol. The van der Waals surface area contributed by atoms with E-state index in [1.165, 1.54) is 0 Å². The molecule has 1 rings (SSSR count). The van der Waals surface area contributed by atoms with Gasteiger partial charge >= 0.3 is 21.1 Å². The molecule has 0 unspecified atom stereocenters. The molecule has 1 fully saturated rings. The Bertz CT molecular complexity index is 228.